The molecule has 3 rings (SSSR count). The first-order valence-electron chi connectivity index (χ1n) is 5.77. The van der Waals surface area contributed by atoms with Gasteiger partial charge in [-0.1, -0.05) is 11.6 Å². The summed E-state index contributed by atoms with van der Waals surface area (Å²) in [6.07, 6.45) is 0. The van der Waals surface area contributed by atoms with Crippen molar-refractivity contribution in [3.8, 4) is 0 Å². The molecular formula is C14H10BrNO2S. The van der Waals surface area contributed by atoms with E-state index in [0.29, 0.717) is 17.7 Å². The van der Waals surface area contributed by atoms with Gasteiger partial charge in [0.2, 0.25) is 0 Å². The topological polar surface area (TPSA) is 37.4 Å². The fraction of sp³-hybridized carbons (Fsp3) is 0.143. The molecule has 96 valence electrons. The molecule has 3 nitrogen and oxygen atoms in total. The van der Waals surface area contributed by atoms with E-state index in [4.69, 9.17) is 0 Å². The lowest BCUT2D eigenvalue weighted by atomic mass is 10.1. The van der Waals surface area contributed by atoms with Crippen LogP contribution in [0.15, 0.2) is 34.1 Å². The van der Waals surface area contributed by atoms with Gasteiger partial charge in [0.15, 0.2) is 0 Å². The zero-order valence-corrected chi connectivity index (χ0v) is 12.5. The number of nitrogens with zero attached hydrogens (tertiary/aromatic N) is 1. The summed E-state index contributed by atoms with van der Waals surface area (Å²) < 4.78 is 0.995. The minimum absolute atomic E-state index is 0.201. The Morgan fingerprint density at radius 2 is 1.84 bits per heavy atom. The molecule has 0 spiro atoms. The summed E-state index contributed by atoms with van der Waals surface area (Å²) >= 11 is 4.91. The number of rotatable bonds is 2. The predicted molar refractivity (Wildman–Crippen MR) is 77.4 cm³/mol. The molecular weight excluding hydrogens is 326 g/mol. The third kappa shape index (κ3) is 2.13. The standard InChI is InChI=1S/C14H10BrNO2S/c1-8-2-4-10-11(6-8)14(18)16(13(10)17)7-9-3-5-12(15)19-9/h2-6H,7H2,1H3. The van der Waals surface area contributed by atoms with Crippen molar-refractivity contribution in [3.63, 3.8) is 0 Å². The van der Waals surface area contributed by atoms with Crippen molar-refractivity contribution >= 4 is 39.1 Å². The summed E-state index contributed by atoms with van der Waals surface area (Å²) in [5.74, 6) is -0.405. The number of amides is 2. The number of carbonyl (C=O) groups is 2. The summed E-state index contributed by atoms with van der Waals surface area (Å²) in [7, 11) is 0. The number of fused-ring (bicyclic) bond motifs is 1. The minimum Gasteiger partial charge on any atom is -0.269 e. The van der Waals surface area contributed by atoms with Crippen LogP contribution in [0, 0.1) is 6.92 Å². The Balaban J connectivity index is 1.94. The maximum Gasteiger partial charge on any atom is 0.261 e. The van der Waals surface area contributed by atoms with Gasteiger partial charge in [0, 0.05) is 4.88 Å². The van der Waals surface area contributed by atoms with E-state index in [-0.39, 0.29) is 11.8 Å². The number of imide groups is 1. The van der Waals surface area contributed by atoms with Gasteiger partial charge >= 0.3 is 0 Å². The smallest absolute Gasteiger partial charge is 0.261 e. The summed E-state index contributed by atoms with van der Waals surface area (Å²) in [5, 5.41) is 0. The number of thiophene rings is 1. The van der Waals surface area contributed by atoms with Gasteiger partial charge in [-0.3, -0.25) is 14.5 Å². The van der Waals surface area contributed by atoms with Gasteiger partial charge in [-0.05, 0) is 47.1 Å². The molecule has 0 fully saturated rings. The molecule has 0 bridgehead atoms. The average Bonchev–Trinajstić information content (AvgIpc) is 2.88. The van der Waals surface area contributed by atoms with Crippen molar-refractivity contribution in [2.24, 2.45) is 0 Å². The average molecular weight is 336 g/mol. The molecule has 1 aromatic carbocycles. The normalized spacial score (nSPS) is 14.1. The van der Waals surface area contributed by atoms with Gasteiger partial charge < -0.3 is 0 Å². The molecule has 5 heteroatoms. The summed E-state index contributed by atoms with van der Waals surface area (Å²) in [6, 6.07) is 9.20. The van der Waals surface area contributed by atoms with Crippen LogP contribution in [0.5, 0.6) is 0 Å². The first kappa shape index (κ1) is 12.6. The molecule has 0 aliphatic carbocycles. The Labute approximate surface area is 123 Å². The van der Waals surface area contributed by atoms with Gasteiger partial charge in [0.1, 0.15) is 0 Å². The van der Waals surface area contributed by atoms with Crippen molar-refractivity contribution in [1.29, 1.82) is 0 Å². The van der Waals surface area contributed by atoms with Crippen LogP contribution in [0.3, 0.4) is 0 Å². The van der Waals surface area contributed by atoms with Crippen LogP contribution in [-0.2, 0) is 6.54 Å². The van der Waals surface area contributed by atoms with Crippen molar-refractivity contribution in [2.75, 3.05) is 0 Å². The minimum atomic E-state index is -0.204. The van der Waals surface area contributed by atoms with Gasteiger partial charge in [-0.15, -0.1) is 11.3 Å². The van der Waals surface area contributed by atoms with Crippen molar-refractivity contribution in [1.82, 2.24) is 4.90 Å². The SMILES string of the molecule is Cc1ccc2c(c1)C(=O)N(Cc1ccc(Br)s1)C2=O. The highest BCUT2D eigenvalue weighted by Crippen LogP contribution is 2.28. The summed E-state index contributed by atoms with van der Waals surface area (Å²) in [5.41, 5.74) is 2.01. The maximum absolute atomic E-state index is 12.3. The zero-order valence-electron chi connectivity index (χ0n) is 10.1. The van der Waals surface area contributed by atoms with E-state index >= 15 is 0 Å². The molecule has 0 saturated carbocycles. The number of benzene rings is 1. The van der Waals surface area contributed by atoms with Gasteiger partial charge in [0.05, 0.1) is 21.5 Å². The van der Waals surface area contributed by atoms with Crippen LogP contribution in [0.25, 0.3) is 0 Å². The van der Waals surface area contributed by atoms with Crippen molar-refractivity contribution < 1.29 is 9.59 Å². The molecule has 2 amide bonds. The first-order chi connectivity index (χ1) is 9.06. The highest BCUT2D eigenvalue weighted by molar-refractivity contribution is 9.11. The van der Waals surface area contributed by atoms with E-state index in [0.717, 1.165) is 14.2 Å². The van der Waals surface area contributed by atoms with Crippen LogP contribution >= 0.6 is 27.3 Å². The number of carbonyl (C=O) groups excluding carboxylic acids is 2. The monoisotopic (exact) mass is 335 g/mol. The molecule has 1 aliphatic rings. The van der Waals surface area contributed by atoms with E-state index < -0.39 is 0 Å². The third-order valence-electron chi connectivity index (χ3n) is 3.07. The molecule has 0 saturated heterocycles. The van der Waals surface area contributed by atoms with Crippen LogP contribution in [0.4, 0.5) is 0 Å². The van der Waals surface area contributed by atoms with Crippen LogP contribution in [0.1, 0.15) is 31.2 Å². The van der Waals surface area contributed by atoms with Crippen LogP contribution in [0.2, 0.25) is 0 Å². The molecule has 1 aromatic heterocycles. The molecule has 1 aliphatic heterocycles. The number of halogens is 1. The molecule has 0 radical (unpaired) electrons. The van der Waals surface area contributed by atoms with E-state index in [1.54, 1.807) is 12.1 Å². The predicted octanol–water partition coefficient (Wildman–Crippen LogP) is 3.62. The van der Waals surface area contributed by atoms with E-state index in [9.17, 15) is 9.59 Å². The van der Waals surface area contributed by atoms with Crippen molar-refractivity contribution in [3.05, 3.63) is 55.7 Å². The lowest BCUT2D eigenvalue weighted by Crippen LogP contribution is -2.28. The highest BCUT2D eigenvalue weighted by Gasteiger charge is 2.35. The van der Waals surface area contributed by atoms with E-state index in [1.165, 1.54) is 16.2 Å². The second-order valence-corrected chi connectivity index (χ2v) is 7.00. The number of hydrogen-bond acceptors (Lipinski definition) is 3. The lowest BCUT2D eigenvalue weighted by molar-refractivity contribution is 0.0644. The molecule has 2 heterocycles. The lowest BCUT2D eigenvalue weighted by Gasteiger charge is -2.11. The second kappa shape index (κ2) is 4.58. The van der Waals surface area contributed by atoms with E-state index in [1.807, 2.05) is 25.1 Å². The third-order valence-corrected chi connectivity index (χ3v) is 4.68. The Kier molecular flexibility index (Phi) is 3.03. The van der Waals surface area contributed by atoms with Gasteiger partial charge in [0.25, 0.3) is 11.8 Å². The van der Waals surface area contributed by atoms with Crippen molar-refractivity contribution in [2.45, 2.75) is 13.5 Å². The number of hydrogen-bond donors (Lipinski definition) is 0. The Bertz CT molecular complexity index is 693. The summed E-state index contributed by atoms with van der Waals surface area (Å²) in [6.45, 7) is 2.25. The molecule has 19 heavy (non-hydrogen) atoms. The largest absolute Gasteiger partial charge is 0.269 e. The zero-order chi connectivity index (χ0) is 13.6. The molecule has 0 unspecified atom stereocenters. The van der Waals surface area contributed by atoms with Crippen LogP contribution in [-0.4, -0.2) is 16.7 Å². The quantitative estimate of drug-likeness (QED) is 0.786. The molecule has 0 atom stereocenters. The van der Waals surface area contributed by atoms with Gasteiger partial charge in [-0.2, -0.15) is 0 Å². The van der Waals surface area contributed by atoms with Gasteiger partial charge in [-0.25, -0.2) is 0 Å². The highest BCUT2D eigenvalue weighted by atomic mass is 79.9. The van der Waals surface area contributed by atoms with E-state index in [2.05, 4.69) is 15.9 Å². The fourth-order valence-electron chi connectivity index (χ4n) is 2.14. The first-order valence-corrected chi connectivity index (χ1v) is 7.38. The summed E-state index contributed by atoms with van der Waals surface area (Å²) in [4.78, 5) is 26.8. The Hall–Kier alpha value is -1.46. The Morgan fingerprint density at radius 1 is 1.11 bits per heavy atom. The second-order valence-electron chi connectivity index (χ2n) is 4.45. The van der Waals surface area contributed by atoms with Crippen LogP contribution < -0.4 is 0 Å². The number of aryl methyl sites for hydroxylation is 1. The Morgan fingerprint density at radius 3 is 2.53 bits per heavy atom. The molecule has 2 aromatic rings. The fourth-order valence-corrected chi connectivity index (χ4v) is 3.61. The maximum atomic E-state index is 12.3. The molecule has 0 N–H and O–H groups in total.